The van der Waals surface area contributed by atoms with Gasteiger partial charge in [0.05, 0.1) is 17.2 Å². The molecule has 7 nitrogen and oxygen atoms in total. The molecule has 24 heavy (non-hydrogen) atoms. The number of benzene rings is 1. The predicted molar refractivity (Wildman–Crippen MR) is 96.3 cm³/mol. The Morgan fingerprint density at radius 1 is 1.33 bits per heavy atom. The van der Waals surface area contributed by atoms with Crippen LogP contribution in [0.2, 0.25) is 0 Å². The summed E-state index contributed by atoms with van der Waals surface area (Å²) in [5.41, 5.74) is 1.79. The fraction of sp³-hybridized carbons (Fsp3) is 0.375. The Labute approximate surface area is 145 Å². The van der Waals surface area contributed by atoms with Crippen molar-refractivity contribution in [2.45, 2.75) is 32.9 Å². The maximum atomic E-state index is 11.0. The SMILES string of the molecule is CN=C(NCc1nc(C(C)C)cs1)NCc1ccccc1[N+](=O)[O-]. The smallest absolute Gasteiger partial charge is 0.274 e. The molecule has 0 radical (unpaired) electrons. The molecule has 1 aromatic heterocycles. The van der Waals surface area contributed by atoms with Crippen LogP contribution in [0, 0.1) is 10.1 Å². The third-order valence-electron chi connectivity index (χ3n) is 3.43. The van der Waals surface area contributed by atoms with Crippen LogP contribution >= 0.6 is 11.3 Å². The Balaban J connectivity index is 1.92. The van der Waals surface area contributed by atoms with Gasteiger partial charge in [-0.25, -0.2) is 4.98 Å². The van der Waals surface area contributed by atoms with E-state index >= 15 is 0 Å². The van der Waals surface area contributed by atoms with E-state index in [-0.39, 0.29) is 10.6 Å². The molecule has 2 N–H and O–H groups in total. The lowest BCUT2D eigenvalue weighted by atomic mass is 10.2. The maximum absolute atomic E-state index is 11.0. The minimum Gasteiger partial charge on any atom is -0.352 e. The molecule has 8 heteroatoms. The Kier molecular flexibility index (Phi) is 6.25. The normalized spacial score (nSPS) is 11.6. The lowest BCUT2D eigenvalue weighted by Crippen LogP contribution is -2.36. The van der Waals surface area contributed by atoms with Crippen molar-refractivity contribution in [3.63, 3.8) is 0 Å². The number of nitro benzene ring substituents is 1. The van der Waals surface area contributed by atoms with Gasteiger partial charge in [0.25, 0.3) is 5.69 Å². The van der Waals surface area contributed by atoms with Gasteiger partial charge in [-0.2, -0.15) is 0 Å². The van der Waals surface area contributed by atoms with Crippen LogP contribution in [0.25, 0.3) is 0 Å². The van der Waals surface area contributed by atoms with Crippen LogP contribution in [0.1, 0.15) is 36.0 Å². The van der Waals surface area contributed by atoms with E-state index < -0.39 is 0 Å². The number of thiazole rings is 1. The molecule has 2 rings (SSSR count). The van der Waals surface area contributed by atoms with E-state index in [9.17, 15) is 10.1 Å². The number of nitrogens with zero attached hydrogens (tertiary/aromatic N) is 3. The summed E-state index contributed by atoms with van der Waals surface area (Å²) in [6, 6.07) is 6.66. The van der Waals surface area contributed by atoms with Crippen molar-refractivity contribution in [3.05, 3.63) is 56.0 Å². The van der Waals surface area contributed by atoms with E-state index in [1.807, 2.05) is 0 Å². The summed E-state index contributed by atoms with van der Waals surface area (Å²) >= 11 is 1.61. The van der Waals surface area contributed by atoms with Gasteiger partial charge in [0, 0.05) is 30.6 Å². The number of aromatic nitrogens is 1. The monoisotopic (exact) mass is 347 g/mol. The maximum Gasteiger partial charge on any atom is 0.274 e. The average molecular weight is 347 g/mol. The van der Waals surface area contributed by atoms with Crippen molar-refractivity contribution in [2.75, 3.05) is 7.05 Å². The number of hydrogen-bond acceptors (Lipinski definition) is 5. The molecule has 128 valence electrons. The molecule has 0 amide bonds. The van der Waals surface area contributed by atoms with Crippen LogP contribution in [-0.2, 0) is 13.1 Å². The van der Waals surface area contributed by atoms with Crippen molar-refractivity contribution in [1.29, 1.82) is 0 Å². The molecule has 0 spiro atoms. The molecular formula is C16H21N5O2S. The van der Waals surface area contributed by atoms with Gasteiger partial charge in [-0.3, -0.25) is 15.1 Å². The number of aliphatic imine (C=N–C) groups is 1. The van der Waals surface area contributed by atoms with Gasteiger partial charge < -0.3 is 10.6 Å². The zero-order chi connectivity index (χ0) is 17.5. The summed E-state index contributed by atoms with van der Waals surface area (Å²) in [6.07, 6.45) is 0. The molecular weight excluding hydrogens is 326 g/mol. The van der Waals surface area contributed by atoms with Gasteiger partial charge in [-0.15, -0.1) is 11.3 Å². The third kappa shape index (κ3) is 4.76. The van der Waals surface area contributed by atoms with E-state index in [0.717, 1.165) is 10.7 Å². The highest BCUT2D eigenvalue weighted by Gasteiger charge is 2.12. The second-order valence-corrected chi connectivity index (χ2v) is 6.43. The lowest BCUT2D eigenvalue weighted by Gasteiger charge is -2.11. The highest BCUT2D eigenvalue weighted by molar-refractivity contribution is 7.09. The molecule has 0 atom stereocenters. The number of hydrogen-bond donors (Lipinski definition) is 2. The molecule has 0 bridgehead atoms. The zero-order valence-electron chi connectivity index (χ0n) is 13.9. The molecule has 0 saturated heterocycles. The lowest BCUT2D eigenvalue weighted by molar-refractivity contribution is -0.385. The Morgan fingerprint density at radius 3 is 2.67 bits per heavy atom. The van der Waals surface area contributed by atoms with E-state index in [2.05, 4.69) is 39.8 Å². The van der Waals surface area contributed by atoms with Crippen LogP contribution < -0.4 is 10.6 Å². The fourth-order valence-corrected chi connectivity index (χ4v) is 2.96. The molecule has 1 heterocycles. The molecule has 0 unspecified atom stereocenters. The first-order chi connectivity index (χ1) is 11.5. The van der Waals surface area contributed by atoms with Gasteiger partial charge in [-0.05, 0) is 5.92 Å². The van der Waals surface area contributed by atoms with Gasteiger partial charge in [0.1, 0.15) is 5.01 Å². The number of nitrogens with one attached hydrogen (secondary N) is 2. The van der Waals surface area contributed by atoms with Gasteiger partial charge in [0.2, 0.25) is 0 Å². The fourth-order valence-electron chi connectivity index (χ4n) is 2.07. The minimum atomic E-state index is -0.379. The van der Waals surface area contributed by atoms with Crippen molar-refractivity contribution in [2.24, 2.45) is 4.99 Å². The molecule has 2 aromatic rings. The minimum absolute atomic E-state index is 0.0990. The highest BCUT2D eigenvalue weighted by atomic mass is 32.1. The second-order valence-electron chi connectivity index (χ2n) is 5.49. The summed E-state index contributed by atoms with van der Waals surface area (Å²) < 4.78 is 0. The number of guanidine groups is 1. The van der Waals surface area contributed by atoms with Crippen LogP contribution in [0.15, 0.2) is 34.6 Å². The Hall–Kier alpha value is -2.48. The van der Waals surface area contributed by atoms with Gasteiger partial charge in [-0.1, -0.05) is 32.0 Å². The standard InChI is InChI=1S/C16H21N5O2S/c1-11(2)13-10-24-15(20-13)9-19-16(17-3)18-8-12-6-4-5-7-14(12)21(22)23/h4-7,10-11H,8-9H2,1-3H3,(H2,17,18,19). The molecule has 1 aromatic carbocycles. The van der Waals surface area contributed by atoms with Crippen molar-refractivity contribution < 1.29 is 4.92 Å². The van der Waals surface area contributed by atoms with Crippen molar-refractivity contribution in [3.8, 4) is 0 Å². The van der Waals surface area contributed by atoms with Gasteiger partial charge >= 0.3 is 0 Å². The first kappa shape index (κ1) is 17.9. The zero-order valence-corrected chi connectivity index (χ0v) is 14.8. The number of para-hydroxylation sites is 1. The van der Waals surface area contributed by atoms with Crippen LogP contribution in [0.5, 0.6) is 0 Å². The van der Waals surface area contributed by atoms with Crippen LogP contribution in [0.4, 0.5) is 5.69 Å². The quantitative estimate of drug-likeness (QED) is 0.363. The topological polar surface area (TPSA) is 92.5 Å². The summed E-state index contributed by atoms with van der Waals surface area (Å²) in [5, 5.41) is 20.3. The summed E-state index contributed by atoms with van der Waals surface area (Å²) in [7, 11) is 1.66. The van der Waals surface area contributed by atoms with E-state index in [1.54, 1.807) is 36.6 Å². The van der Waals surface area contributed by atoms with Crippen LogP contribution in [0.3, 0.4) is 0 Å². The van der Waals surface area contributed by atoms with Crippen molar-refractivity contribution in [1.82, 2.24) is 15.6 Å². The summed E-state index contributed by atoms with van der Waals surface area (Å²) in [6.45, 7) is 5.11. The van der Waals surface area contributed by atoms with E-state index in [1.165, 1.54) is 6.07 Å². The van der Waals surface area contributed by atoms with E-state index in [4.69, 9.17) is 0 Å². The highest BCUT2D eigenvalue weighted by Crippen LogP contribution is 2.18. The molecule has 0 saturated carbocycles. The molecule has 0 aliphatic heterocycles. The third-order valence-corrected chi connectivity index (χ3v) is 4.29. The average Bonchev–Trinajstić information content (AvgIpc) is 3.04. The molecule has 0 aliphatic rings. The summed E-state index contributed by atoms with van der Waals surface area (Å²) in [4.78, 5) is 19.3. The Bertz CT molecular complexity index is 727. The number of rotatable bonds is 6. The number of nitro groups is 1. The summed E-state index contributed by atoms with van der Waals surface area (Å²) in [5.74, 6) is 0.987. The predicted octanol–water partition coefficient (Wildman–Crippen LogP) is 3.04. The van der Waals surface area contributed by atoms with E-state index in [0.29, 0.717) is 30.5 Å². The van der Waals surface area contributed by atoms with Crippen LogP contribution in [-0.4, -0.2) is 22.9 Å². The van der Waals surface area contributed by atoms with Gasteiger partial charge in [0.15, 0.2) is 5.96 Å². The van der Waals surface area contributed by atoms with Crippen molar-refractivity contribution >= 4 is 23.0 Å². The molecule has 0 fully saturated rings. The molecule has 0 aliphatic carbocycles. The first-order valence-corrected chi connectivity index (χ1v) is 8.50. The largest absolute Gasteiger partial charge is 0.352 e. The Morgan fingerprint density at radius 2 is 2.04 bits per heavy atom. The second kappa shape index (κ2) is 8.39. The first-order valence-electron chi connectivity index (χ1n) is 7.62.